The van der Waals surface area contributed by atoms with Crippen LogP contribution in [0.5, 0.6) is 17.2 Å². The van der Waals surface area contributed by atoms with E-state index in [1.807, 2.05) is 4.72 Å². The van der Waals surface area contributed by atoms with Crippen LogP contribution in [0.3, 0.4) is 0 Å². The van der Waals surface area contributed by atoms with Gasteiger partial charge >= 0.3 is 19.5 Å². The van der Waals surface area contributed by atoms with Gasteiger partial charge in [0.15, 0.2) is 11.6 Å². The van der Waals surface area contributed by atoms with Crippen molar-refractivity contribution in [2.24, 2.45) is 22.9 Å². The number of hydrogen-bond donors (Lipinski definition) is 8. The second-order valence-corrected chi connectivity index (χ2v) is 13.9. The molecule has 3 aromatic rings. The van der Waals surface area contributed by atoms with Gasteiger partial charge in [-0.05, 0) is 18.2 Å². The molecular formula is C24H30F3N8O7PS2+2. The topological polar surface area (TPSA) is 267 Å². The molecule has 0 bridgehead atoms. The van der Waals surface area contributed by atoms with Crippen molar-refractivity contribution >= 4 is 51.0 Å². The van der Waals surface area contributed by atoms with Gasteiger partial charge < -0.3 is 18.9 Å². The quantitative estimate of drug-likeness (QED) is 0.0348. The number of thiophene rings is 1. The van der Waals surface area contributed by atoms with Gasteiger partial charge in [0.1, 0.15) is 28.1 Å². The fraction of sp³-hybridized carbons (Fsp3) is 0.292. The fourth-order valence-electron chi connectivity index (χ4n) is 3.55. The van der Waals surface area contributed by atoms with Crippen molar-refractivity contribution in [2.45, 2.75) is 17.1 Å². The van der Waals surface area contributed by atoms with Crippen LogP contribution < -0.4 is 51.6 Å². The molecule has 244 valence electrons. The second-order valence-electron chi connectivity index (χ2n) is 9.05. The van der Waals surface area contributed by atoms with Gasteiger partial charge in [-0.2, -0.15) is 9.98 Å². The molecule has 0 aliphatic rings. The minimum Gasteiger partial charge on any atom is -0.487 e. The van der Waals surface area contributed by atoms with Gasteiger partial charge in [-0.15, -0.1) is 11.3 Å². The molecule has 2 aromatic carbocycles. The van der Waals surface area contributed by atoms with Crippen LogP contribution in [0.2, 0.25) is 0 Å². The zero-order valence-electron chi connectivity index (χ0n) is 23.3. The van der Waals surface area contributed by atoms with E-state index < -0.39 is 72.9 Å². The van der Waals surface area contributed by atoms with Crippen LogP contribution in [-0.4, -0.2) is 57.8 Å². The minimum absolute atomic E-state index is 0.0464. The summed E-state index contributed by atoms with van der Waals surface area (Å²) in [6.07, 6.45) is -0.660. The number of hydrogen-bond acceptors (Lipinski definition) is 8. The summed E-state index contributed by atoms with van der Waals surface area (Å²) in [5.74, 6) is -5.00. The third-order valence-corrected chi connectivity index (χ3v) is 9.84. The number of halogens is 3. The first-order chi connectivity index (χ1) is 21.1. The standard InChI is InChI=1S/C24H28F3N8O7PS2/c25-16-9-14(4-3-13(16)11-28)42-43(36,37)12-35-45(38,39)17-10-15-18(26)20(40-7-1-5-33-23(29)30)21(19(27)22(15)44-17)41-8-2-6-34-24(31)32/h3-4,9-10,35H,1-2,5-8,12H2,(H,36,37)(H4,29,30,33)(H4,31,32,34)/p+2. The highest BCUT2D eigenvalue weighted by molar-refractivity contribution is 7.92. The van der Waals surface area contributed by atoms with Gasteiger partial charge in [0.05, 0.1) is 36.6 Å². The van der Waals surface area contributed by atoms with Crippen molar-refractivity contribution < 1.29 is 55.0 Å². The lowest BCUT2D eigenvalue weighted by Crippen LogP contribution is -2.78. The number of nitrogens with zero attached hydrogens (tertiary/aromatic N) is 1. The largest absolute Gasteiger partial charge is 0.487 e. The van der Waals surface area contributed by atoms with Crippen molar-refractivity contribution in [2.75, 3.05) is 32.6 Å². The summed E-state index contributed by atoms with van der Waals surface area (Å²) in [4.78, 5) is 15.4. The lowest BCUT2D eigenvalue weighted by Gasteiger charge is -2.15. The van der Waals surface area contributed by atoms with Gasteiger partial charge in [0.25, 0.3) is 10.0 Å². The van der Waals surface area contributed by atoms with E-state index in [4.69, 9.17) is 42.2 Å². The van der Waals surface area contributed by atoms with Crippen LogP contribution in [0.25, 0.3) is 10.1 Å². The van der Waals surface area contributed by atoms with Crippen molar-refractivity contribution in [1.82, 2.24) is 4.72 Å². The molecule has 1 heterocycles. The number of guanidine groups is 2. The van der Waals surface area contributed by atoms with E-state index in [0.29, 0.717) is 17.4 Å². The molecule has 21 heteroatoms. The Morgan fingerprint density at radius 2 is 1.58 bits per heavy atom. The Morgan fingerprint density at radius 3 is 2.11 bits per heavy atom. The number of rotatable bonds is 16. The van der Waals surface area contributed by atoms with Crippen LogP contribution in [0.4, 0.5) is 13.2 Å². The Kier molecular flexibility index (Phi) is 11.8. The molecule has 1 aromatic heterocycles. The Labute approximate surface area is 258 Å². The van der Waals surface area contributed by atoms with Crippen molar-refractivity contribution in [3.63, 3.8) is 0 Å². The summed E-state index contributed by atoms with van der Waals surface area (Å²) in [6.45, 7) is 0.230. The van der Waals surface area contributed by atoms with Crippen LogP contribution >= 0.6 is 18.9 Å². The van der Waals surface area contributed by atoms with E-state index in [1.54, 1.807) is 6.07 Å². The first-order valence-corrected chi connectivity index (χ1v) is 16.9. The molecule has 0 saturated heterocycles. The molecule has 0 amide bonds. The van der Waals surface area contributed by atoms with Gasteiger partial charge in [-0.3, -0.25) is 32.9 Å². The summed E-state index contributed by atoms with van der Waals surface area (Å²) >= 11 is 0.329. The first-order valence-electron chi connectivity index (χ1n) is 12.8. The zero-order valence-corrected chi connectivity index (χ0v) is 25.8. The summed E-state index contributed by atoms with van der Waals surface area (Å²) in [5, 5.41) is 8.34. The van der Waals surface area contributed by atoms with Gasteiger partial charge in [-0.25, -0.2) is 26.2 Å². The maximum atomic E-state index is 15.7. The predicted molar refractivity (Wildman–Crippen MR) is 157 cm³/mol. The Hall–Kier alpha value is -4.28. The van der Waals surface area contributed by atoms with Crippen molar-refractivity contribution in [1.29, 1.82) is 5.26 Å². The summed E-state index contributed by atoms with van der Waals surface area (Å²) < 4.78 is 100. The molecule has 0 fully saturated rings. The number of sulfonamides is 1. The molecule has 0 saturated carbocycles. The molecule has 1 atom stereocenters. The van der Waals surface area contributed by atoms with Crippen LogP contribution in [0.1, 0.15) is 18.4 Å². The summed E-state index contributed by atoms with van der Waals surface area (Å²) in [7, 11) is -9.40. The molecule has 15 nitrogen and oxygen atoms in total. The SMILES string of the molecule is N#Cc1ccc(OP(=O)(O)CNS(=O)(=O)c2cc3c(F)c(OCCC[NH+]=C(N)N)c(OCCC[NH+]=C(N)N)c(F)c3s2)cc1F. The third kappa shape index (κ3) is 9.60. The van der Waals surface area contributed by atoms with Crippen LogP contribution in [0, 0.1) is 28.8 Å². The predicted octanol–water partition coefficient (Wildman–Crippen LogP) is -2.06. The van der Waals surface area contributed by atoms with E-state index in [1.165, 1.54) is 0 Å². The van der Waals surface area contributed by atoms with Gasteiger partial charge in [0.2, 0.25) is 11.5 Å². The Bertz CT molecular complexity index is 1740. The van der Waals surface area contributed by atoms with Crippen molar-refractivity contribution in [3.8, 4) is 23.3 Å². The molecule has 0 radical (unpaired) electrons. The van der Waals surface area contributed by atoms with E-state index in [-0.39, 0.29) is 56.6 Å². The summed E-state index contributed by atoms with van der Waals surface area (Å²) in [6, 6.07) is 5.12. The van der Waals surface area contributed by atoms with E-state index in [9.17, 15) is 22.3 Å². The highest BCUT2D eigenvalue weighted by Gasteiger charge is 2.30. The lowest BCUT2D eigenvalue weighted by atomic mass is 10.2. The van der Waals surface area contributed by atoms with Gasteiger partial charge in [-0.1, -0.05) is 0 Å². The third-order valence-electron chi connectivity index (χ3n) is 5.57. The molecule has 45 heavy (non-hydrogen) atoms. The Balaban J connectivity index is 1.87. The average molecular weight is 695 g/mol. The highest BCUT2D eigenvalue weighted by Crippen LogP contribution is 2.45. The van der Waals surface area contributed by atoms with Crippen LogP contribution in [0.15, 0.2) is 28.5 Å². The zero-order chi connectivity index (χ0) is 33.4. The molecule has 12 N–H and O–H groups in total. The molecule has 0 spiro atoms. The minimum atomic E-state index is -4.76. The number of nitriles is 1. The number of nitrogens with two attached hydrogens (primary N) is 4. The monoisotopic (exact) mass is 694 g/mol. The van der Waals surface area contributed by atoms with Gasteiger partial charge in [0, 0.05) is 24.3 Å². The van der Waals surface area contributed by atoms with E-state index in [0.717, 1.165) is 18.2 Å². The van der Waals surface area contributed by atoms with Crippen LogP contribution in [-0.2, 0) is 14.6 Å². The molecule has 0 aliphatic heterocycles. The number of benzene rings is 2. The normalized spacial score (nSPS) is 12.6. The average Bonchev–Trinajstić information content (AvgIpc) is 3.42. The smallest absolute Gasteiger partial charge is 0.391 e. The fourth-order valence-corrected chi connectivity index (χ4v) is 7.49. The number of fused-ring (bicyclic) bond motifs is 1. The van der Waals surface area contributed by atoms with E-state index >= 15 is 8.78 Å². The van der Waals surface area contributed by atoms with Crippen molar-refractivity contribution in [3.05, 3.63) is 47.3 Å². The number of ether oxygens (including phenoxy) is 2. The molecule has 0 aliphatic carbocycles. The second kappa shape index (κ2) is 15.1. The Morgan fingerprint density at radius 1 is 1.00 bits per heavy atom. The lowest BCUT2D eigenvalue weighted by molar-refractivity contribution is -0.460. The molecule has 3 rings (SSSR count). The maximum Gasteiger partial charge on any atom is 0.391 e. The summed E-state index contributed by atoms with van der Waals surface area (Å²) in [5.41, 5.74) is 21.0. The molecule has 1 unspecified atom stereocenters. The molecular weight excluding hydrogens is 664 g/mol. The highest BCUT2D eigenvalue weighted by atomic mass is 32.2. The van der Waals surface area contributed by atoms with E-state index in [2.05, 4.69) is 9.98 Å². The first kappa shape index (κ1) is 35.2. The number of nitrogens with one attached hydrogen (secondary N) is 3. The maximum absolute atomic E-state index is 15.7.